The zero-order valence-electron chi connectivity index (χ0n) is 9.77. The lowest BCUT2D eigenvalue weighted by Gasteiger charge is -2.01. The Morgan fingerprint density at radius 2 is 2.17 bits per heavy atom. The molecule has 0 saturated carbocycles. The van der Waals surface area contributed by atoms with Gasteiger partial charge in [0.25, 0.3) is 0 Å². The molecular formula is C9H10N6O2S. The minimum Gasteiger partial charge on any atom is -0.468 e. The van der Waals surface area contributed by atoms with Crippen molar-refractivity contribution >= 4 is 17.7 Å². The summed E-state index contributed by atoms with van der Waals surface area (Å²) in [5, 5.41) is 11.9. The first-order chi connectivity index (χ1) is 8.69. The summed E-state index contributed by atoms with van der Waals surface area (Å²) in [7, 11) is 1.31. The van der Waals surface area contributed by atoms with Gasteiger partial charge in [-0.2, -0.15) is 0 Å². The second-order valence-electron chi connectivity index (χ2n) is 3.34. The molecule has 0 N–H and O–H groups in total. The van der Waals surface area contributed by atoms with Gasteiger partial charge < -0.3 is 4.74 Å². The number of carbonyl (C=O) groups is 1. The van der Waals surface area contributed by atoms with Gasteiger partial charge in [0.1, 0.15) is 6.54 Å². The molecule has 0 radical (unpaired) electrons. The maximum absolute atomic E-state index is 11.1. The smallest absolute Gasteiger partial charge is 0.327 e. The highest BCUT2D eigenvalue weighted by Crippen LogP contribution is 2.20. The first-order valence-electron chi connectivity index (χ1n) is 4.98. The number of esters is 1. The van der Waals surface area contributed by atoms with E-state index in [0.29, 0.717) is 10.3 Å². The summed E-state index contributed by atoms with van der Waals surface area (Å²) in [6, 6.07) is 0. The highest BCUT2D eigenvalue weighted by molar-refractivity contribution is 7.99. The van der Waals surface area contributed by atoms with Crippen molar-refractivity contribution in [1.29, 1.82) is 0 Å². The van der Waals surface area contributed by atoms with Crippen molar-refractivity contribution in [1.82, 2.24) is 30.2 Å². The van der Waals surface area contributed by atoms with Crippen LogP contribution in [0.15, 0.2) is 22.7 Å². The van der Waals surface area contributed by atoms with Crippen molar-refractivity contribution in [2.45, 2.75) is 23.8 Å². The first kappa shape index (κ1) is 12.4. The van der Waals surface area contributed by atoms with Gasteiger partial charge in [0.15, 0.2) is 5.16 Å². The Hall–Kier alpha value is -2.03. The normalized spacial score (nSPS) is 10.3. The number of rotatable bonds is 4. The lowest BCUT2D eigenvalue weighted by molar-refractivity contribution is -0.141. The lowest BCUT2D eigenvalue weighted by Crippen LogP contribution is -2.13. The Labute approximate surface area is 107 Å². The van der Waals surface area contributed by atoms with Crippen LogP contribution in [0.2, 0.25) is 0 Å². The number of tetrazole rings is 1. The largest absolute Gasteiger partial charge is 0.468 e. The molecule has 0 aliphatic rings. The number of aryl methyl sites for hydroxylation is 1. The third-order valence-corrected chi connectivity index (χ3v) is 2.81. The first-order valence-corrected chi connectivity index (χ1v) is 5.80. The minimum absolute atomic E-state index is 0.0440. The molecule has 0 saturated heterocycles. The number of hydrogen-bond acceptors (Lipinski definition) is 8. The number of nitrogens with zero attached hydrogens (tertiary/aromatic N) is 6. The van der Waals surface area contributed by atoms with Gasteiger partial charge in [-0.05, 0) is 34.7 Å². The van der Waals surface area contributed by atoms with Crippen molar-refractivity contribution in [3.63, 3.8) is 0 Å². The number of aromatic nitrogens is 6. The predicted octanol–water partition coefficient (Wildman–Crippen LogP) is 0.0957. The number of carbonyl (C=O) groups excluding carboxylic acids is 1. The van der Waals surface area contributed by atoms with Crippen LogP contribution in [-0.2, 0) is 16.1 Å². The topological polar surface area (TPSA) is 95.7 Å². The molecular weight excluding hydrogens is 256 g/mol. The average molecular weight is 266 g/mol. The van der Waals surface area contributed by atoms with Crippen LogP contribution >= 0.6 is 11.8 Å². The van der Waals surface area contributed by atoms with Crippen molar-refractivity contribution in [2.75, 3.05) is 7.11 Å². The van der Waals surface area contributed by atoms with Gasteiger partial charge in [-0.25, -0.2) is 14.6 Å². The molecule has 9 heteroatoms. The van der Waals surface area contributed by atoms with E-state index in [0.717, 1.165) is 5.56 Å². The third kappa shape index (κ3) is 3.00. The molecule has 2 aromatic rings. The van der Waals surface area contributed by atoms with Gasteiger partial charge in [-0.3, -0.25) is 4.79 Å². The van der Waals surface area contributed by atoms with Gasteiger partial charge in [0.2, 0.25) is 5.16 Å². The molecule has 0 unspecified atom stereocenters. The Bertz CT molecular complexity index is 540. The fourth-order valence-electron chi connectivity index (χ4n) is 1.07. The lowest BCUT2D eigenvalue weighted by atomic mass is 10.4. The SMILES string of the molecule is COC(=O)Cn1nnnc1Sc1ncc(C)cn1. The molecule has 0 bridgehead atoms. The summed E-state index contributed by atoms with van der Waals surface area (Å²) in [6.45, 7) is 1.85. The van der Waals surface area contributed by atoms with Crippen LogP contribution in [0.3, 0.4) is 0 Å². The summed E-state index contributed by atoms with van der Waals surface area (Å²) >= 11 is 1.18. The maximum Gasteiger partial charge on any atom is 0.327 e. The van der Waals surface area contributed by atoms with E-state index in [2.05, 4.69) is 30.2 Å². The van der Waals surface area contributed by atoms with Gasteiger partial charge in [0.05, 0.1) is 7.11 Å². The Morgan fingerprint density at radius 1 is 1.44 bits per heavy atom. The van der Waals surface area contributed by atoms with Crippen molar-refractivity contribution < 1.29 is 9.53 Å². The van der Waals surface area contributed by atoms with E-state index in [9.17, 15) is 4.79 Å². The Morgan fingerprint density at radius 3 is 2.83 bits per heavy atom. The number of ether oxygens (including phenoxy) is 1. The summed E-state index contributed by atoms with van der Waals surface area (Å²) < 4.78 is 5.88. The van der Waals surface area contributed by atoms with Crippen LogP contribution in [0.4, 0.5) is 0 Å². The molecule has 0 aliphatic carbocycles. The highest BCUT2D eigenvalue weighted by Gasteiger charge is 2.13. The van der Waals surface area contributed by atoms with Crippen LogP contribution in [-0.4, -0.2) is 43.3 Å². The number of hydrogen-bond donors (Lipinski definition) is 0. The van der Waals surface area contributed by atoms with E-state index in [1.807, 2.05) is 6.92 Å². The quantitative estimate of drug-likeness (QED) is 0.567. The van der Waals surface area contributed by atoms with E-state index in [4.69, 9.17) is 0 Å². The average Bonchev–Trinajstić information content (AvgIpc) is 2.79. The third-order valence-electron chi connectivity index (χ3n) is 1.95. The van der Waals surface area contributed by atoms with Crippen molar-refractivity contribution in [3.05, 3.63) is 18.0 Å². The highest BCUT2D eigenvalue weighted by atomic mass is 32.2. The van der Waals surface area contributed by atoms with E-state index in [1.54, 1.807) is 12.4 Å². The van der Waals surface area contributed by atoms with E-state index in [-0.39, 0.29) is 6.54 Å². The zero-order valence-corrected chi connectivity index (χ0v) is 10.6. The molecule has 0 fully saturated rings. The summed E-state index contributed by atoms with van der Waals surface area (Å²) in [5.74, 6) is -0.422. The second kappa shape index (κ2) is 5.54. The molecule has 8 nitrogen and oxygen atoms in total. The van der Waals surface area contributed by atoms with Crippen molar-refractivity contribution in [3.8, 4) is 0 Å². The molecule has 2 heterocycles. The molecule has 2 aromatic heterocycles. The number of methoxy groups -OCH3 is 1. The monoisotopic (exact) mass is 266 g/mol. The van der Waals surface area contributed by atoms with Crippen LogP contribution in [0.1, 0.15) is 5.56 Å². The van der Waals surface area contributed by atoms with Gasteiger partial charge in [-0.1, -0.05) is 0 Å². The molecule has 0 amide bonds. The molecule has 0 aliphatic heterocycles. The molecule has 18 heavy (non-hydrogen) atoms. The molecule has 94 valence electrons. The zero-order chi connectivity index (χ0) is 13.0. The predicted molar refractivity (Wildman–Crippen MR) is 60.7 cm³/mol. The van der Waals surface area contributed by atoms with E-state index < -0.39 is 5.97 Å². The summed E-state index contributed by atoms with van der Waals surface area (Å²) in [5.41, 5.74) is 0.966. The molecule has 2 rings (SSSR count). The van der Waals surface area contributed by atoms with Gasteiger partial charge in [-0.15, -0.1) is 5.10 Å². The van der Waals surface area contributed by atoms with Crippen LogP contribution in [0, 0.1) is 6.92 Å². The van der Waals surface area contributed by atoms with Crippen LogP contribution in [0.5, 0.6) is 0 Å². The van der Waals surface area contributed by atoms with E-state index in [1.165, 1.54) is 23.6 Å². The molecule has 0 atom stereocenters. The Kier molecular flexibility index (Phi) is 3.82. The molecule has 0 aromatic carbocycles. The fourth-order valence-corrected chi connectivity index (χ4v) is 1.73. The van der Waals surface area contributed by atoms with Gasteiger partial charge >= 0.3 is 5.97 Å². The molecule has 0 spiro atoms. The standard InChI is InChI=1S/C9H10N6O2S/c1-6-3-10-8(11-4-6)18-9-12-13-14-15(9)5-7(16)17-2/h3-4H,5H2,1-2H3. The minimum atomic E-state index is -0.422. The van der Waals surface area contributed by atoms with E-state index >= 15 is 0 Å². The van der Waals surface area contributed by atoms with Gasteiger partial charge in [0, 0.05) is 12.4 Å². The Balaban J connectivity index is 2.12. The maximum atomic E-state index is 11.1. The second-order valence-corrected chi connectivity index (χ2v) is 4.27. The van der Waals surface area contributed by atoms with Crippen LogP contribution < -0.4 is 0 Å². The van der Waals surface area contributed by atoms with Crippen LogP contribution in [0.25, 0.3) is 0 Å². The van der Waals surface area contributed by atoms with Crippen molar-refractivity contribution in [2.24, 2.45) is 0 Å². The fraction of sp³-hybridized carbons (Fsp3) is 0.333. The summed E-state index contributed by atoms with van der Waals surface area (Å²) in [4.78, 5) is 19.4. The summed E-state index contributed by atoms with van der Waals surface area (Å²) in [6.07, 6.45) is 3.40.